The standard InChI is InChI=1S/C12H12N6/c1-17-8-7-13-11(17)9-18-15-12(14-16-18)10-5-3-2-4-6-10/h2-8H,9H2,1H3. The second-order valence-electron chi connectivity index (χ2n) is 3.96. The van der Waals surface area contributed by atoms with E-state index in [1.54, 1.807) is 11.0 Å². The first-order valence-corrected chi connectivity index (χ1v) is 5.62. The molecule has 0 atom stereocenters. The van der Waals surface area contributed by atoms with Crippen LogP contribution in [0.5, 0.6) is 0 Å². The van der Waals surface area contributed by atoms with Crippen LogP contribution in [-0.4, -0.2) is 29.8 Å². The lowest BCUT2D eigenvalue weighted by molar-refractivity contribution is 0.543. The molecule has 0 aliphatic heterocycles. The van der Waals surface area contributed by atoms with Gasteiger partial charge in [0.05, 0.1) is 0 Å². The zero-order valence-electron chi connectivity index (χ0n) is 9.93. The first kappa shape index (κ1) is 10.6. The van der Waals surface area contributed by atoms with Crippen molar-refractivity contribution in [3.8, 4) is 11.4 Å². The van der Waals surface area contributed by atoms with Crippen molar-refractivity contribution in [2.45, 2.75) is 6.54 Å². The summed E-state index contributed by atoms with van der Waals surface area (Å²) in [5.41, 5.74) is 0.962. The highest BCUT2D eigenvalue weighted by Crippen LogP contribution is 2.11. The predicted molar refractivity (Wildman–Crippen MR) is 65.6 cm³/mol. The van der Waals surface area contributed by atoms with Crippen molar-refractivity contribution in [1.29, 1.82) is 0 Å². The summed E-state index contributed by atoms with van der Waals surface area (Å²) >= 11 is 0. The van der Waals surface area contributed by atoms with Gasteiger partial charge in [-0.3, -0.25) is 0 Å². The number of nitrogens with zero attached hydrogens (tertiary/aromatic N) is 6. The molecule has 0 N–H and O–H groups in total. The highest BCUT2D eigenvalue weighted by Gasteiger charge is 2.07. The van der Waals surface area contributed by atoms with Crippen LogP contribution in [-0.2, 0) is 13.6 Å². The van der Waals surface area contributed by atoms with E-state index in [0.29, 0.717) is 12.4 Å². The number of aryl methyl sites for hydroxylation is 1. The summed E-state index contributed by atoms with van der Waals surface area (Å²) in [5, 5.41) is 12.4. The van der Waals surface area contributed by atoms with E-state index < -0.39 is 0 Å². The number of hydrogen-bond donors (Lipinski definition) is 0. The van der Waals surface area contributed by atoms with Gasteiger partial charge in [0.15, 0.2) is 0 Å². The summed E-state index contributed by atoms with van der Waals surface area (Å²) in [4.78, 5) is 5.77. The predicted octanol–water partition coefficient (Wildman–Crippen LogP) is 1.12. The number of rotatable bonds is 3. The van der Waals surface area contributed by atoms with Gasteiger partial charge in [0.1, 0.15) is 12.4 Å². The van der Waals surface area contributed by atoms with Gasteiger partial charge in [-0.05, 0) is 5.21 Å². The summed E-state index contributed by atoms with van der Waals surface area (Å²) in [5.74, 6) is 1.52. The second-order valence-corrected chi connectivity index (χ2v) is 3.96. The molecule has 1 aromatic carbocycles. The number of aromatic nitrogens is 6. The van der Waals surface area contributed by atoms with E-state index >= 15 is 0 Å². The van der Waals surface area contributed by atoms with E-state index in [4.69, 9.17) is 0 Å². The molecule has 2 heterocycles. The Morgan fingerprint density at radius 1 is 1.17 bits per heavy atom. The van der Waals surface area contributed by atoms with Gasteiger partial charge in [-0.1, -0.05) is 30.3 Å². The monoisotopic (exact) mass is 240 g/mol. The molecule has 18 heavy (non-hydrogen) atoms. The number of imidazole rings is 1. The maximum absolute atomic E-state index is 4.34. The Labute approximate surface area is 104 Å². The van der Waals surface area contributed by atoms with Crippen molar-refractivity contribution in [2.75, 3.05) is 0 Å². The highest BCUT2D eigenvalue weighted by atomic mass is 15.6. The topological polar surface area (TPSA) is 61.4 Å². The van der Waals surface area contributed by atoms with Crippen LogP contribution in [0.1, 0.15) is 5.82 Å². The molecule has 0 aliphatic rings. The SMILES string of the molecule is Cn1ccnc1Cn1nnc(-c2ccccc2)n1. The van der Waals surface area contributed by atoms with E-state index in [0.717, 1.165) is 11.4 Å². The highest BCUT2D eigenvalue weighted by molar-refractivity contribution is 5.52. The zero-order valence-corrected chi connectivity index (χ0v) is 9.93. The van der Waals surface area contributed by atoms with E-state index in [2.05, 4.69) is 20.4 Å². The van der Waals surface area contributed by atoms with Crippen molar-refractivity contribution >= 4 is 0 Å². The van der Waals surface area contributed by atoms with Crippen LogP contribution in [0.2, 0.25) is 0 Å². The normalized spacial score (nSPS) is 10.7. The molecule has 3 rings (SSSR count). The minimum atomic E-state index is 0.517. The fourth-order valence-corrected chi connectivity index (χ4v) is 1.69. The van der Waals surface area contributed by atoms with Crippen LogP contribution in [0.3, 0.4) is 0 Å². The molecule has 0 amide bonds. The third-order valence-electron chi connectivity index (χ3n) is 2.69. The van der Waals surface area contributed by atoms with Crippen molar-refractivity contribution in [3.63, 3.8) is 0 Å². The Hall–Kier alpha value is -2.50. The van der Waals surface area contributed by atoms with Crippen LogP contribution in [0.25, 0.3) is 11.4 Å². The molecule has 0 spiro atoms. The van der Waals surface area contributed by atoms with Crippen LogP contribution < -0.4 is 0 Å². The van der Waals surface area contributed by atoms with Gasteiger partial charge >= 0.3 is 0 Å². The van der Waals surface area contributed by atoms with Crippen LogP contribution >= 0.6 is 0 Å². The summed E-state index contributed by atoms with van der Waals surface area (Å²) in [6.45, 7) is 0.517. The Balaban J connectivity index is 1.84. The Bertz CT molecular complexity index is 639. The largest absolute Gasteiger partial charge is 0.336 e. The average Bonchev–Trinajstić information content (AvgIpc) is 3.02. The number of tetrazole rings is 1. The van der Waals surface area contributed by atoms with E-state index in [1.807, 2.05) is 48.1 Å². The fourth-order valence-electron chi connectivity index (χ4n) is 1.69. The van der Waals surface area contributed by atoms with Gasteiger partial charge in [-0.15, -0.1) is 10.2 Å². The minimum Gasteiger partial charge on any atom is -0.336 e. The fraction of sp³-hybridized carbons (Fsp3) is 0.167. The smallest absolute Gasteiger partial charge is 0.204 e. The second kappa shape index (κ2) is 4.40. The zero-order chi connectivity index (χ0) is 12.4. The van der Waals surface area contributed by atoms with Gasteiger partial charge < -0.3 is 4.57 Å². The molecule has 6 heteroatoms. The molecule has 0 saturated heterocycles. The molecule has 0 bridgehead atoms. The third-order valence-corrected chi connectivity index (χ3v) is 2.69. The van der Waals surface area contributed by atoms with Gasteiger partial charge in [0, 0.05) is 25.0 Å². The summed E-state index contributed by atoms with van der Waals surface area (Å²) in [6.07, 6.45) is 3.65. The number of hydrogen-bond acceptors (Lipinski definition) is 4. The molecular formula is C12H12N6. The van der Waals surface area contributed by atoms with Gasteiger partial charge in [0.25, 0.3) is 0 Å². The average molecular weight is 240 g/mol. The van der Waals surface area contributed by atoms with Crippen LogP contribution in [0.4, 0.5) is 0 Å². The molecule has 0 unspecified atom stereocenters. The summed E-state index contributed by atoms with van der Waals surface area (Å²) in [6, 6.07) is 9.79. The Morgan fingerprint density at radius 2 is 2.00 bits per heavy atom. The minimum absolute atomic E-state index is 0.517. The molecule has 0 saturated carbocycles. The first-order chi connectivity index (χ1) is 8.83. The molecule has 0 fully saturated rings. The molecule has 6 nitrogen and oxygen atoms in total. The molecular weight excluding hydrogens is 228 g/mol. The van der Waals surface area contributed by atoms with Gasteiger partial charge in [-0.25, -0.2) is 4.98 Å². The summed E-state index contributed by atoms with van der Waals surface area (Å²) < 4.78 is 1.94. The quantitative estimate of drug-likeness (QED) is 0.688. The third kappa shape index (κ3) is 2.00. The van der Waals surface area contributed by atoms with Crippen molar-refractivity contribution < 1.29 is 0 Å². The Kier molecular flexibility index (Phi) is 2.60. The molecule has 2 aromatic heterocycles. The maximum atomic E-state index is 4.34. The van der Waals surface area contributed by atoms with Crippen molar-refractivity contribution in [1.82, 2.24) is 29.8 Å². The van der Waals surface area contributed by atoms with Crippen LogP contribution in [0, 0.1) is 0 Å². The lowest BCUT2D eigenvalue weighted by Gasteiger charge is -1.99. The Morgan fingerprint density at radius 3 is 2.72 bits per heavy atom. The maximum Gasteiger partial charge on any atom is 0.204 e. The lowest BCUT2D eigenvalue weighted by Crippen LogP contribution is -2.08. The summed E-state index contributed by atoms with van der Waals surface area (Å²) in [7, 11) is 1.94. The van der Waals surface area contributed by atoms with E-state index in [-0.39, 0.29) is 0 Å². The first-order valence-electron chi connectivity index (χ1n) is 5.62. The molecule has 3 aromatic rings. The number of benzene rings is 1. The van der Waals surface area contributed by atoms with Crippen molar-refractivity contribution in [3.05, 3.63) is 48.5 Å². The molecule has 0 aliphatic carbocycles. The van der Waals surface area contributed by atoms with E-state index in [1.165, 1.54) is 0 Å². The van der Waals surface area contributed by atoms with Crippen molar-refractivity contribution in [2.24, 2.45) is 7.05 Å². The molecule has 0 radical (unpaired) electrons. The van der Waals surface area contributed by atoms with Gasteiger partial charge in [0.2, 0.25) is 5.82 Å². The molecule has 90 valence electrons. The van der Waals surface area contributed by atoms with Gasteiger partial charge in [-0.2, -0.15) is 4.80 Å². The van der Waals surface area contributed by atoms with E-state index in [9.17, 15) is 0 Å². The lowest BCUT2D eigenvalue weighted by atomic mass is 10.2. The van der Waals surface area contributed by atoms with Crippen LogP contribution in [0.15, 0.2) is 42.7 Å².